The lowest BCUT2D eigenvalue weighted by molar-refractivity contribution is -0.136. The molecule has 1 N–H and O–H groups in total. The number of aryl methyl sites for hydroxylation is 1. The van der Waals surface area contributed by atoms with Crippen LogP contribution in [0.15, 0.2) is 18.3 Å². The first-order chi connectivity index (χ1) is 15.9. The minimum Gasteiger partial charge on any atom is -0.490 e. The molecule has 178 valence electrons. The highest BCUT2D eigenvalue weighted by Gasteiger charge is 2.42. The molecule has 1 aliphatic heterocycles. The van der Waals surface area contributed by atoms with Crippen LogP contribution < -0.4 is 15.0 Å². The van der Waals surface area contributed by atoms with Crippen LogP contribution >= 0.6 is 11.5 Å². The molecule has 5 rings (SSSR count). The maximum Gasteiger partial charge on any atom is 0.389 e. The summed E-state index contributed by atoms with van der Waals surface area (Å²) in [7, 11) is 0. The van der Waals surface area contributed by atoms with Crippen molar-refractivity contribution < 1.29 is 17.9 Å². The van der Waals surface area contributed by atoms with Crippen molar-refractivity contribution in [3.05, 3.63) is 24.2 Å². The molecule has 3 aromatic rings. The second-order valence-electron chi connectivity index (χ2n) is 8.81. The van der Waals surface area contributed by atoms with E-state index in [9.17, 15) is 13.2 Å². The molecule has 1 saturated carbocycles. The second-order valence-corrected chi connectivity index (χ2v) is 9.54. The molecule has 0 spiro atoms. The average molecular weight is 482 g/mol. The largest absolute Gasteiger partial charge is 0.490 e. The summed E-state index contributed by atoms with van der Waals surface area (Å²) in [5, 5.41) is 8.87. The number of hydrogen-bond acceptors (Lipinski definition) is 8. The summed E-state index contributed by atoms with van der Waals surface area (Å²) >= 11 is 1.47. The Balaban J connectivity index is 1.19. The lowest BCUT2D eigenvalue weighted by Crippen LogP contribution is -2.44. The molecule has 2 aliphatic rings. The molecule has 0 amide bonds. The molecule has 1 unspecified atom stereocenters. The number of fused-ring (bicyclic) bond motifs is 3. The fourth-order valence-corrected chi connectivity index (χ4v) is 5.66. The molecule has 0 radical (unpaired) electrons. The fraction of sp³-hybridized carbons (Fsp3) is 0.619. The van der Waals surface area contributed by atoms with E-state index in [1.54, 1.807) is 22.8 Å². The summed E-state index contributed by atoms with van der Waals surface area (Å²) in [4.78, 5) is 11.4. The van der Waals surface area contributed by atoms with Gasteiger partial charge in [0.15, 0.2) is 11.4 Å². The minimum absolute atomic E-state index is 0.0229. The Morgan fingerprint density at radius 3 is 2.70 bits per heavy atom. The first kappa shape index (κ1) is 22.2. The van der Waals surface area contributed by atoms with Crippen LogP contribution in [-0.4, -0.2) is 56.4 Å². The van der Waals surface area contributed by atoms with E-state index in [1.165, 1.54) is 24.4 Å². The van der Waals surface area contributed by atoms with Crippen molar-refractivity contribution >= 4 is 28.3 Å². The van der Waals surface area contributed by atoms with Crippen LogP contribution in [0.3, 0.4) is 0 Å². The van der Waals surface area contributed by atoms with Crippen molar-refractivity contribution in [1.29, 1.82) is 0 Å². The standard InChI is InChI=1S/C21H26F3N7OS/c1-13-26-20(33-29-13)30-11-14-5-6-15(12-30)16(14)10-25-19-27-18-17(4-2-8-31(18)28-19)32-9-3-7-21(22,23)24/h2,4,8,14-16H,3,5-7,9-12H2,1H3,(H,25,28)/t14-,15?,16-/m0/s1. The maximum absolute atomic E-state index is 12.3. The summed E-state index contributed by atoms with van der Waals surface area (Å²) < 4.78 is 48.5. The average Bonchev–Trinajstić information content (AvgIpc) is 3.44. The molecule has 2 bridgehead atoms. The van der Waals surface area contributed by atoms with Gasteiger partial charge >= 0.3 is 6.18 Å². The van der Waals surface area contributed by atoms with E-state index in [4.69, 9.17) is 4.74 Å². The van der Waals surface area contributed by atoms with E-state index in [-0.39, 0.29) is 13.0 Å². The number of ether oxygens (including phenoxy) is 1. The van der Waals surface area contributed by atoms with Crippen molar-refractivity contribution in [2.75, 3.05) is 36.5 Å². The van der Waals surface area contributed by atoms with Crippen LogP contribution in [0, 0.1) is 24.7 Å². The number of hydrogen-bond donors (Lipinski definition) is 1. The van der Waals surface area contributed by atoms with Crippen molar-refractivity contribution in [3.8, 4) is 5.75 Å². The summed E-state index contributed by atoms with van der Waals surface area (Å²) in [5.74, 6) is 3.48. The van der Waals surface area contributed by atoms with Crippen molar-refractivity contribution in [1.82, 2.24) is 24.0 Å². The molecular formula is C21H26F3N7OS. The Hall–Kier alpha value is -2.63. The summed E-state index contributed by atoms with van der Waals surface area (Å²) in [6, 6.07) is 3.45. The van der Waals surface area contributed by atoms with Gasteiger partial charge in [-0.3, -0.25) is 0 Å². The minimum atomic E-state index is -4.17. The molecule has 8 nitrogen and oxygen atoms in total. The van der Waals surface area contributed by atoms with Gasteiger partial charge < -0.3 is 15.0 Å². The van der Waals surface area contributed by atoms with Crippen LogP contribution in [-0.2, 0) is 0 Å². The highest BCUT2D eigenvalue weighted by atomic mass is 32.1. The van der Waals surface area contributed by atoms with Crippen LogP contribution in [0.1, 0.15) is 31.5 Å². The van der Waals surface area contributed by atoms with Gasteiger partial charge in [0.05, 0.1) is 6.61 Å². The normalized spacial score (nSPS) is 22.8. The number of piperidine rings is 1. The first-order valence-corrected chi connectivity index (χ1v) is 12.0. The number of rotatable bonds is 8. The number of alkyl halides is 3. The van der Waals surface area contributed by atoms with E-state index in [0.717, 1.165) is 30.6 Å². The molecule has 33 heavy (non-hydrogen) atoms. The number of pyridine rings is 1. The van der Waals surface area contributed by atoms with Gasteiger partial charge in [0.2, 0.25) is 11.1 Å². The van der Waals surface area contributed by atoms with E-state index in [0.29, 0.717) is 35.1 Å². The zero-order valence-electron chi connectivity index (χ0n) is 18.3. The van der Waals surface area contributed by atoms with E-state index >= 15 is 0 Å². The highest BCUT2D eigenvalue weighted by Crippen LogP contribution is 2.43. The van der Waals surface area contributed by atoms with E-state index in [2.05, 4.69) is 29.7 Å². The zero-order chi connectivity index (χ0) is 23.0. The summed E-state index contributed by atoms with van der Waals surface area (Å²) in [5.41, 5.74) is 0.497. The second kappa shape index (κ2) is 8.96. The van der Waals surface area contributed by atoms with Gasteiger partial charge in [-0.25, -0.2) is 9.50 Å². The number of anilines is 2. The maximum atomic E-state index is 12.3. The lowest BCUT2D eigenvalue weighted by Gasteiger charge is -2.37. The summed E-state index contributed by atoms with van der Waals surface area (Å²) in [6.45, 7) is 4.67. The smallest absolute Gasteiger partial charge is 0.389 e. The molecule has 1 aliphatic carbocycles. The Kier molecular flexibility index (Phi) is 6.02. The van der Waals surface area contributed by atoms with Crippen LogP contribution in [0.4, 0.5) is 24.3 Å². The predicted molar refractivity (Wildman–Crippen MR) is 119 cm³/mol. The quantitative estimate of drug-likeness (QED) is 0.484. The van der Waals surface area contributed by atoms with Crippen LogP contribution in [0.2, 0.25) is 0 Å². The third-order valence-corrected chi connectivity index (χ3v) is 7.37. The van der Waals surface area contributed by atoms with Crippen molar-refractivity contribution in [2.45, 2.75) is 38.8 Å². The monoisotopic (exact) mass is 481 g/mol. The van der Waals surface area contributed by atoms with Crippen molar-refractivity contribution in [2.24, 2.45) is 17.8 Å². The van der Waals surface area contributed by atoms with Gasteiger partial charge in [0.1, 0.15) is 5.82 Å². The Morgan fingerprint density at radius 2 is 2.00 bits per heavy atom. The molecule has 1 saturated heterocycles. The number of aromatic nitrogens is 5. The molecule has 4 heterocycles. The van der Waals surface area contributed by atoms with Crippen LogP contribution in [0.5, 0.6) is 5.75 Å². The molecule has 3 aromatic heterocycles. The topological polar surface area (TPSA) is 80.5 Å². The van der Waals surface area contributed by atoms with Crippen LogP contribution in [0.25, 0.3) is 5.65 Å². The zero-order valence-corrected chi connectivity index (χ0v) is 19.1. The number of nitrogens with one attached hydrogen (secondary N) is 1. The molecule has 12 heteroatoms. The third-order valence-electron chi connectivity index (χ3n) is 6.50. The Morgan fingerprint density at radius 1 is 1.21 bits per heavy atom. The number of halogens is 3. The molecule has 3 atom stereocenters. The van der Waals surface area contributed by atoms with Gasteiger partial charge in [-0.05, 0) is 56.1 Å². The SMILES string of the molecule is Cc1nsc(N2CC3CC[C@@H](C2)[C@@H]3CNc2nc3c(OCCCC(F)(F)F)cccn3n2)n1. The van der Waals surface area contributed by atoms with Gasteiger partial charge in [-0.15, -0.1) is 5.10 Å². The molecule has 0 aromatic carbocycles. The number of nitrogens with zero attached hydrogens (tertiary/aromatic N) is 6. The Labute approximate surface area is 193 Å². The van der Waals surface area contributed by atoms with E-state index in [1.807, 2.05) is 6.92 Å². The lowest BCUT2D eigenvalue weighted by atomic mass is 9.85. The third kappa shape index (κ3) is 4.99. The highest BCUT2D eigenvalue weighted by molar-refractivity contribution is 7.09. The predicted octanol–water partition coefficient (Wildman–Crippen LogP) is 4.19. The summed E-state index contributed by atoms with van der Waals surface area (Å²) in [6.07, 6.45) is -0.966. The first-order valence-electron chi connectivity index (χ1n) is 11.2. The van der Waals surface area contributed by atoms with E-state index < -0.39 is 12.6 Å². The van der Waals surface area contributed by atoms with Gasteiger partial charge in [0.25, 0.3) is 0 Å². The fourth-order valence-electron chi connectivity index (χ4n) is 4.97. The Bertz CT molecular complexity index is 1090. The molecular weight excluding hydrogens is 455 g/mol. The van der Waals surface area contributed by atoms with Gasteiger partial charge in [0, 0.05) is 43.8 Å². The molecule has 2 fully saturated rings. The van der Waals surface area contributed by atoms with Crippen molar-refractivity contribution in [3.63, 3.8) is 0 Å². The van der Waals surface area contributed by atoms with Gasteiger partial charge in [-0.1, -0.05) is 0 Å². The van der Waals surface area contributed by atoms with Gasteiger partial charge in [-0.2, -0.15) is 22.5 Å².